The summed E-state index contributed by atoms with van der Waals surface area (Å²) < 4.78 is 13.6. The fourth-order valence-corrected chi connectivity index (χ4v) is 2.66. The lowest BCUT2D eigenvalue weighted by Crippen LogP contribution is -2.30. The summed E-state index contributed by atoms with van der Waals surface area (Å²) >= 11 is 5.74. The van der Waals surface area contributed by atoms with E-state index in [0.29, 0.717) is 11.1 Å². The summed E-state index contributed by atoms with van der Waals surface area (Å²) in [6.07, 6.45) is 5.69. The van der Waals surface area contributed by atoms with Crippen molar-refractivity contribution in [1.29, 1.82) is 0 Å². The van der Waals surface area contributed by atoms with E-state index in [1.54, 1.807) is 12.1 Å². The maximum atomic E-state index is 13.6. The molecule has 100 valence electrons. The average molecular weight is 270 g/mol. The third-order valence-electron chi connectivity index (χ3n) is 3.63. The van der Waals surface area contributed by atoms with Crippen LogP contribution in [0.25, 0.3) is 0 Å². The molecule has 0 heterocycles. The molecule has 1 N–H and O–H groups in total. The molecule has 18 heavy (non-hydrogen) atoms. The van der Waals surface area contributed by atoms with Gasteiger partial charge in [0.25, 0.3) is 0 Å². The number of benzene rings is 1. The molecule has 1 atom stereocenters. The Morgan fingerprint density at radius 1 is 1.44 bits per heavy atom. The van der Waals surface area contributed by atoms with Crippen molar-refractivity contribution in [1.82, 2.24) is 5.32 Å². The van der Waals surface area contributed by atoms with Gasteiger partial charge in [0.2, 0.25) is 0 Å². The third kappa shape index (κ3) is 3.96. The Hall–Kier alpha value is -0.600. The van der Waals surface area contributed by atoms with Gasteiger partial charge in [0.1, 0.15) is 5.82 Å². The minimum absolute atomic E-state index is 0.172. The molecule has 1 fully saturated rings. The minimum Gasteiger partial charge on any atom is -0.314 e. The molecule has 2 rings (SSSR count). The Labute approximate surface area is 114 Å². The second kappa shape index (κ2) is 6.53. The molecule has 3 heteroatoms. The van der Waals surface area contributed by atoms with Crippen molar-refractivity contribution in [3.63, 3.8) is 0 Å². The molecule has 1 aliphatic carbocycles. The Kier molecular flexibility index (Phi) is 5.02. The molecule has 1 aromatic rings. The molecule has 0 radical (unpaired) electrons. The van der Waals surface area contributed by atoms with Crippen LogP contribution in [0, 0.1) is 11.7 Å². The van der Waals surface area contributed by atoms with Crippen LogP contribution in [-0.2, 0) is 6.42 Å². The quantitative estimate of drug-likeness (QED) is 0.783. The summed E-state index contributed by atoms with van der Waals surface area (Å²) in [5, 5.41) is 4.01. The zero-order chi connectivity index (χ0) is 13.0. The second-order valence-electron chi connectivity index (χ2n) is 5.13. The second-order valence-corrected chi connectivity index (χ2v) is 5.57. The molecule has 0 spiro atoms. The summed E-state index contributed by atoms with van der Waals surface area (Å²) in [4.78, 5) is 0. The first-order chi connectivity index (χ1) is 8.70. The van der Waals surface area contributed by atoms with Gasteiger partial charge in [-0.25, -0.2) is 4.39 Å². The maximum Gasteiger partial charge on any atom is 0.127 e. The molecular weight excluding hydrogens is 249 g/mol. The normalized spacial score (nSPS) is 16.8. The van der Waals surface area contributed by atoms with Gasteiger partial charge in [-0.3, -0.25) is 0 Å². The molecule has 0 saturated heterocycles. The smallest absolute Gasteiger partial charge is 0.127 e. The van der Waals surface area contributed by atoms with E-state index in [4.69, 9.17) is 11.6 Å². The van der Waals surface area contributed by atoms with Gasteiger partial charge in [-0.1, -0.05) is 24.6 Å². The van der Waals surface area contributed by atoms with Crippen LogP contribution in [-0.4, -0.2) is 12.6 Å². The number of halogens is 2. The standard InChI is InChI=1S/C15H21ClFN/c1-2-18-15(12-6-7-12)5-3-4-11-8-9-13(16)10-14(11)17/h8-10,12,15,18H,2-7H2,1H3. The lowest BCUT2D eigenvalue weighted by molar-refractivity contribution is 0.433. The molecule has 1 unspecified atom stereocenters. The highest BCUT2D eigenvalue weighted by molar-refractivity contribution is 6.30. The summed E-state index contributed by atoms with van der Waals surface area (Å²) in [5.74, 6) is 0.689. The van der Waals surface area contributed by atoms with E-state index >= 15 is 0 Å². The first-order valence-electron chi connectivity index (χ1n) is 6.88. The molecular formula is C15H21ClFN. The molecule has 0 aromatic heterocycles. The minimum atomic E-state index is -0.172. The van der Waals surface area contributed by atoms with Gasteiger partial charge >= 0.3 is 0 Å². The Morgan fingerprint density at radius 3 is 2.83 bits per heavy atom. The number of nitrogens with one attached hydrogen (secondary N) is 1. The first-order valence-corrected chi connectivity index (χ1v) is 7.25. The highest BCUT2D eigenvalue weighted by atomic mass is 35.5. The number of rotatable bonds is 7. The van der Waals surface area contributed by atoms with Crippen molar-refractivity contribution < 1.29 is 4.39 Å². The van der Waals surface area contributed by atoms with Gasteiger partial charge in [0.05, 0.1) is 0 Å². The Balaban J connectivity index is 1.79. The van der Waals surface area contributed by atoms with Gasteiger partial charge < -0.3 is 5.32 Å². The molecule has 1 aromatic carbocycles. The van der Waals surface area contributed by atoms with Gasteiger partial charge in [0, 0.05) is 11.1 Å². The van der Waals surface area contributed by atoms with E-state index in [1.807, 2.05) is 0 Å². The zero-order valence-electron chi connectivity index (χ0n) is 10.9. The van der Waals surface area contributed by atoms with Crippen LogP contribution in [0.5, 0.6) is 0 Å². The van der Waals surface area contributed by atoms with Crippen LogP contribution < -0.4 is 5.32 Å². The van der Waals surface area contributed by atoms with Gasteiger partial charge in [-0.05, 0) is 62.3 Å². The summed E-state index contributed by atoms with van der Waals surface area (Å²) in [6, 6.07) is 5.60. The topological polar surface area (TPSA) is 12.0 Å². The number of hydrogen-bond acceptors (Lipinski definition) is 1. The number of aryl methyl sites for hydroxylation is 1. The molecule has 0 aliphatic heterocycles. The Bertz CT molecular complexity index is 390. The van der Waals surface area contributed by atoms with E-state index in [1.165, 1.54) is 18.9 Å². The largest absolute Gasteiger partial charge is 0.314 e. The van der Waals surface area contributed by atoms with E-state index in [2.05, 4.69) is 12.2 Å². The van der Waals surface area contributed by atoms with E-state index < -0.39 is 0 Å². The van der Waals surface area contributed by atoms with Crippen LogP contribution in [0.1, 0.15) is 38.2 Å². The van der Waals surface area contributed by atoms with Crippen molar-refractivity contribution in [3.05, 3.63) is 34.6 Å². The Morgan fingerprint density at radius 2 is 2.22 bits per heavy atom. The average Bonchev–Trinajstić information content (AvgIpc) is 3.15. The third-order valence-corrected chi connectivity index (χ3v) is 3.87. The summed E-state index contributed by atoms with van der Waals surface area (Å²) in [7, 11) is 0. The fourth-order valence-electron chi connectivity index (χ4n) is 2.50. The highest BCUT2D eigenvalue weighted by Gasteiger charge is 2.29. The van der Waals surface area contributed by atoms with Crippen molar-refractivity contribution in [2.75, 3.05) is 6.54 Å². The number of hydrogen-bond donors (Lipinski definition) is 1. The molecule has 0 bridgehead atoms. The van der Waals surface area contributed by atoms with Crippen LogP contribution in [0.4, 0.5) is 4.39 Å². The van der Waals surface area contributed by atoms with Gasteiger partial charge in [-0.2, -0.15) is 0 Å². The van der Waals surface area contributed by atoms with Crippen molar-refractivity contribution >= 4 is 11.6 Å². The molecule has 1 saturated carbocycles. The summed E-state index contributed by atoms with van der Waals surface area (Å²) in [5.41, 5.74) is 0.783. The maximum absolute atomic E-state index is 13.6. The first kappa shape index (κ1) is 13.8. The van der Waals surface area contributed by atoms with Crippen LogP contribution in [0.15, 0.2) is 18.2 Å². The van der Waals surface area contributed by atoms with Crippen LogP contribution in [0.2, 0.25) is 5.02 Å². The lowest BCUT2D eigenvalue weighted by Gasteiger charge is -2.17. The van der Waals surface area contributed by atoms with Crippen molar-refractivity contribution in [2.24, 2.45) is 5.92 Å². The molecule has 1 nitrogen and oxygen atoms in total. The monoisotopic (exact) mass is 269 g/mol. The van der Waals surface area contributed by atoms with E-state index in [-0.39, 0.29) is 5.82 Å². The van der Waals surface area contributed by atoms with Crippen molar-refractivity contribution in [3.8, 4) is 0 Å². The zero-order valence-corrected chi connectivity index (χ0v) is 11.6. The van der Waals surface area contributed by atoms with E-state index in [0.717, 1.165) is 37.3 Å². The van der Waals surface area contributed by atoms with Crippen molar-refractivity contribution in [2.45, 2.75) is 45.1 Å². The highest BCUT2D eigenvalue weighted by Crippen LogP contribution is 2.34. The van der Waals surface area contributed by atoms with Gasteiger partial charge in [-0.15, -0.1) is 0 Å². The predicted octanol–water partition coefficient (Wildman–Crippen LogP) is 4.19. The molecule has 0 amide bonds. The van der Waals surface area contributed by atoms with Crippen LogP contribution >= 0.6 is 11.6 Å². The van der Waals surface area contributed by atoms with Crippen LogP contribution in [0.3, 0.4) is 0 Å². The van der Waals surface area contributed by atoms with E-state index in [9.17, 15) is 4.39 Å². The molecule has 1 aliphatic rings. The fraction of sp³-hybridized carbons (Fsp3) is 0.600. The summed E-state index contributed by atoms with van der Waals surface area (Å²) in [6.45, 7) is 3.17. The SMILES string of the molecule is CCNC(CCCc1ccc(Cl)cc1F)C1CC1. The van der Waals surface area contributed by atoms with Gasteiger partial charge in [0.15, 0.2) is 0 Å². The lowest BCUT2D eigenvalue weighted by atomic mass is 10.0. The predicted molar refractivity (Wildman–Crippen MR) is 74.5 cm³/mol.